The minimum absolute atomic E-state index is 0.628. The van der Waals surface area contributed by atoms with E-state index in [9.17, 15) is 0 Å². The zero-order valence-electron chi connectivity index (χ0n) is 14.7. The molecule has 1 aliphatic carbocycles. The third-order valence-corrected chi connectivity index (χ3v) is 5.27. The van der Waals surface area contributed by atoms with E-state index in [0.717, 1.165) is 46.4 Å². The second-order valence-electron chi connectivity index (χ2n) is 6.94. The van der Waals surface area contributed by atoms with Crippen LogP contribution in [0.5, 0.6) is 11.5 Å². The van der Waals surface area contributed by atoms with Gasteiger partial charge in [0, 0.05) is 18.2 Å². The molecule has 2 heterocycles. The van der Waals surface area contributed by atoms with Gasteiger partial charge in [0.2, 0.25) is 0 Å². The number of para-hydroxylation sites is 1. The first-order valence-electron chi connectivity index (χ1n) is 9.13. The molecule has 1 aliphatic rings. The molecule has 0 radical (unpaired) electrons. The summed E-state index contributed by atoms with van der Waals surface area (Å²) in [5.74, 6) is 3.35. The Bertz CT molecular complexity index is 1090. The predicted octanol–water partition coefficient (Wildman–Crippen LogP) is 5.79. The summed E-state index contributed by atoms with van der Waals surface area (Å²) >= 11 is 6.66. The van der Waals surface area contributed by atoms with Crippen molar-refractivity contribution in [2.75, 3.05) is 0 Å². The van der Waals surface area contributed by atoms with Crippen LogP contribution < -0.4 is 4.74 Å². The summed E-state index contributed by atoms with van der Waals surface area (Å²) in [5, 5.41) is 9.28. The first-order valence-corrected chi connectivity index (χ1v) is 9.51. The third kappa shape index (κ3) is 3.28. The van der Waals surface area contributed by atoms with Gasteiger partial charge in [0.15, 0.2) is 5.65 Å². The lowest BCUT2D eigenvalue weighted by atomic mass is 10.1. The quantitative estimate of drug-likeness (QED) is 0.443. The second kappa shape index (κ2) is 6.71. The average Bonchev–Trinajstić information content (AvgIpc) is 3.42. The summed E-state index contributed by atoms with van der Waals surface area (Å²) in [7, 11) is 0. The monoisotopic (exact) mass is 375 g/mol. The summed E-state index contributed by atoms with van der Waals surface area (Å²) in [6, 6.07) is 19.7. The van der Waals surface area contributed by atoms with Gasteiger partial charge in [-0.1, -0.05) is 41.9 Å². The van der Waals surface area contributed by atoms with Crippen LogP contribution in [0.15, 0.2) is 66.9 Å². The second-order valence-corrected chi connectivity index (χ2v) is 7.32. The van der Waals surface area contributed by atoms with Crippen LogP contribution in [0.25, 0.3) is 16.8 Å². The van der Waals surface area contributed by atoms with E-state index in [4.69, 9.17) is 16.3 Å². The van der Waals surface area contributed by atoms with Gasteiger partial charge in [0.25, 0.3) is 0 Å². The molecule has 0 bridgehead atoms. The fraction of sp³-hybridized carbons (Fsp3) is 0.182. The molecule has 4 nitrogen and oxygen atoms in total. The molecule has 4 aromatic rings. The predicted molar refractivity (Wildman–Crippen MR) is 106 cm³/mol. The molecule has 0 unspecified atom stereocenters. The van der Waals surface area contributed by atoms with Crippen molar-refractivity contribution in [3.05, 3.63) is 77.7 Å². The summed E-state index contributed by atoms with van der Waals surface area (Å²) in [6.07, 6.45) is 5.57. The lowest BCUT2D eigenvalue weighted by molar-refractivity contribution is 0.483. The van der Waals surface area contributed by atoms with Gasteiger partial charge in [-0.3, -0.25) is 4.40 Å². The van der Waals surface area contributed by atoms with Crippen LogP contribution in [0.3, 0.4) is 0 Å². The van der Waals surface area contributed by atoms with Crippen LogP contribution >= 0.6 is 11.6 Å². The van der Waals surface area contributed by atoms with Crippen LogP contribution in [0, 0.1) is 5.92 Å². The average molecular weight is 376 g/mol. The van der Waals surface area contributed by atoms with Crippen molar-refractivity contribution in [1.29, 1.82) is 0 Å². The highest BCUT2D eigenvalue weighted by Crippen LogP contribution is 2.35. The van der Waals surface area contributed by atoms with Crippen molar-refractivity contribution in [3.8, 4) is 22.6 Å². The maximum atomic E-state index is 6.66. The molecule has 0 spiro atoms. The Hall–Kier alpha value is -2.85. The molecule has 5 heteroatoms. The van der Waals surface area contributed by atoms with E-state index in [2.05, 4.69) is 10.2 Å². The van der Waals surface area contributed by atoms with Crippen molar-refractivity contribution in [2.45, 2.75) is 19.3 Å². The van der Waals surface area contributed by atoms with Crippen LogP contribution in [-0.2, 0) is 6.42 Å². The smallest absolute Gasteiger partial charge is 0.180 e. The Morgan fingerprint density at radius 1 is 0.926 bits per heavy atom. The molecule has 2 aromatic heterocycles. The normalized spacial score (nSPS) is 13.8. The Labute approximate surface area is 162 Å². The number of ether oxygens (including phenoxy) is 1. The lowest BCUT2D eigenvalue weighted by Crippen LogP contribution is -1.97. The summed E-state index contributed by atoms with van der Waals surface area (Å²) in [6.45, 7) is 0. The SMILES string of the molecule is Clc1c(-c2ccc(Oc3ccccc3)cc2)ccn2c(CC3CC3)nnc12. The highest BCUT2D eigenvalue weighted by molar-refractivity contribution is 6.36. The van der Waals surface area contributed by atoms with Gasteiger partial charge in [0.1, 0.15) is 17.3 Å². The van der Waals surface area contributed by atoms with Crippen molar-refractivity contribution in [3.63, 3.8) is 0 Å². The Balaban J connectivity index is 1.43. The molecular formula is C22H18ClN3O. The van der Waals surface area contributed by atoms with Crippen molar-refractivity contribution >= 4 is 17.2 Å². The summed E-state index contributed by atoms with van der Waals surface area (Å²) < 4.78 is 7.87. The molecule has 1 saturated carbocycles. The molecule has 27 heavy (non-hydrogen) atoms. The highest BCUT2D eigenvalue weighted by atomic mass is 35.5. The van der Waals surface area contributed by atoms with E-state index < -0.39 is 0 Å². The van der Waals surface area contributed by atoms with E-state index in [1.165, 1.54) is 12.8 Å². The topological polar surface area (TPSA) is 39.4 Å². The summed E-state index contributed by atoms with van der Waals surface area (Å²) in [4.78, 5) is 0. The van der Waals surface area contributed by atoms with Gasteiger partial charge in [-0.05, 0) is 54.7 Å². The number of hydrogen-bond acceptors (Lipinski definition) is 3. The molecule has 2 aromatic carbocycles. The van der Waals surface area contributed by atoms with E-state index in [1.807, 2.05) is 71.3 Å². The number of aromatic nitrogens is 3. The first-order chi connectivity index (χ1) is 13.3. The highest BCUT2D eigenvalue weighted by Gasteiger charge is 2.24. The van der Waals surface area contributed by atoms with Gasteiger partial charge < -0.3 is 4.74 Å². The van der Waals surface area contributed by atoms with Crippen molar-refractivity contribution in [1.82, 2.24) is 14.6 Å². The number of rotatable bonds is 5. The fourth-order valence-electron chi connectivity index (χ4n) is 3.24. The van der Waals surface area contributed by atoms with Crippen LogP contribution in [0.1, 0.15) is 18.7 Å². The van der Waals surface area contributed by atoms with Gasteiger partial charge in [0.05, 0.1) is 5.02 Å². The third-order valence-electron chi connectivity index (χ3n) is 4.90. The molecular weight excluding hydrogens is 358 g/mol. The van der Waals surface area contributed by atoms with Crippen molar-refractivity contribution in [2.24, 2.45) is 5.92 Å². The zero-order valence-corrected chi connectivity index (χ0v) is 15.4. The summed E-state index contributed by atoms with van der Waals surface area (Å²) in [5.41, 5.74) is 2.69. The van der Waals surface area contributed by atoms with Gasteiger partial charge in [-0.2, -0.15) is 0 Å². The van der Waals surface area contributed by atoms with Gasteiger partial charge in [-0.15, -0.1) is 10.2 Å². The molecule has 0 saturated heterocycles. The minimum atomic E-state index is 0.628. The molecule has 0 aliphatic heterocycles. The molecule has 5 rings (SSSR count). The van der Waals surface area contributed by atoms with Gasteiger partial charge >= 0.3 is 0 Å². The standard InChI is InChI=1S/C22H18ClN3O/c23-21-19(12-13-26-20(14-15-6-7-15)24-25-22(21)26)16-8-10-18(11-9-16)27-17-4-2-1-3-5-17/h1-5,8-13,15H,6-7,14H2. The maximum absolute atomic E-state index is 6.66. The maximum Gasteiger partial charge on any atom is 0.180 e. The molecule has 0 atom stereocenters. The van der Waals surface area contributed by atoms with Crippen LogP contribution in [-0.4, -0.2) is 14.6 Å². The molecule has 134 valence electrons. The number of hydrogen-bond donors (Lipinski definition) is 0. The van der Waals surface area contributed by atoms with E-state index in [0.29, 0.717) is 5.02 Å². The lowest BCUT2D eigenvalue weighted by Gasteiger charge is -2.09. The Kier molecular flexibility index (Phi) is 4.06. The largest absolute Gasteiger partial charge is 0.457 e. The van der Waals surface area contributed by atoms with E-state index >= 15 is 0 Å². The number of pyridine rings is 1. The van der Waals surface area contributed by atoms with E-state index in [-0.39, 0.29) is 0 Å². The van der Waals surface area contributed by atoms with E-state index in [1.54, 1.807) is 0 Å². The molecule has 0 amide bonds. The Morgan fingerprint density at radius 2 is 1.67 bits per heavy atom. The number of fused-ring (bicyclic) bond motifs is 1. The zero-order chi connectivity index (χ0) is 18.2. The Morgan fingerprint density at radius 3 is 2.41 bits per heavy atom. The molecule has 0 N–H and O–H groups in total. The van der Waals surface area contributed by atoms with Crippen LogP contribution in [0.4, 0.5) is 0 Å². The van der Waals surface area contributed by atoms with Crippen molar-refractivity contribution < 1.29 is 4.74 Å². The fourth-order valence-corrected chi connectivity index (χ4v) is 3.54. The first kappa shape index (κ1) is 16.3. The van der Waals surface area contributed by atoms with Gasteiger partial charge in [-0.25, -0.2) is 0 Å². The number of nitrogens with zero attached hydrogens (tertiary/aromatic N) is 3. The minimum Gasteiger partial charge on any atom is -0.457 e. The molecule has 1 fully saturated rings. The number of halogens is 1. The van der Waals surface area contributed by atoms with Crippen LogP contribution in [0.2, 0.25) is 5.02 Å². The number of benzene rings is 2.